The van der Waals surface area contributed by atoms with Gasteiger partial charge in [0.2, 0.25) is 5.43 Å². The summed E-state index contributed by atoms with van der Waals surface area (Å²) in [6.45, 7) is 7.95. The standard InChI is InChI=1S/C22H29N3O3S/c1-15(2)12-24-13-17(21(27)23-16(3)19-8-7-11-29-19)20(26)18(14-24)22(28)25-9-5-4-6-10-25/h7-8,11,13-16H,4-6,9-10,12H2,1-3H3,(H,23,27)/t16-/m1/s1. The molecule has 1 fully saturated rings. The number of rotatable bonds is 6. The molecule has 3 rings (SSSR count). The van der Waals surface area contributed by atoms with Crippen LogP contribution in [0.2, 0.25) is 0 Å². The average molecular weight is 416 g/mol. The maximum atomic E-state index is 13.1. The van der Waals surface area contributed by atoms with Gasteiger partial charge in [-0.2, -0.15) is 0 Å². The summed E-state index contributed by atoms with van der Waals surface area (Å²) in [6.07, 6.45) is 6.18. The Kier molecular flexibility index (Phi) is 6.90. The molecule has 1 saturated heterocycles. The number of piperidine rings is 1. The van der Waals surface area contributed by atoms with Crippen molar-refractivity contribution in [3.05, 3.63) is 56.1 Å². The fraction of sp³-hybridized carbons (Fsp3) is 0.500. The molecular formula is C22H29N3O3S. The Hall–Kier alpha value is -2.41. The van der Waals surface area contributed by atoms with Crippen LogP contribution in [-0.4, -0.2) is 34.4 Å². The van der Waals surface area contributed by atoms with Crippen molar-refractivity contribution < 1.29 is 9.59 Å². The van der Waals surface area contributed by atoms with Crippen molar-refractivity contribution in [2.24, 2.45) is 5.92 Å². The SMILES string of the molecule is CC(C)Cn1cc(C(=O)N[C@H](C)c2cccs2)c(=O)c(C(=O)N2CCCCC2)c1. The largest absolute Gasteiger partial charge is 0.352 e. The number of carbonyl (C=O) groups excluding carboxylic acids is 2. The van der Waals surface area contributed by atoms with E-state index in [2.05, 4.69) is 19.2 Å². The molecule has 156 valence electrons. The van der Waals surface area contributed by atoms with E-state index in [4.69, 9.17) is 0 Å². The van der Waals surface area contributed by atoms with E-state index in [0.717, 1.165) is 24.1 Å². The fourth-order valence-corrected chi connectivity index (χ4v) is 4.36. The molecular weight excluding hydrogens is 386 g/mol. The second-order valence-corrected chi connectivity index (χ2v) is 9.05. The number of pyridine rings is 1. The second-order valence-electron chi connectivity index (χ2n) is 8.07. The third-order valence-corrected chi connectivity index (χ3v) is 6.15. The highest BCUT2D eigenvalue weighted by molar-refractivity contribution is 7.10. The van der Waals surface area contributed by atoms with E-state index in [1.807, 2.05) is 24.4 Å². The van der Waals surface area contributed by atoms with Gasteiger partial charge in [-0.1, -0.05) is 19.9 Å². The third-order valence-electron chi connectivity index (χ3n) is 5.09. The molecule has 0 radical (unpaired) electrons. The van der Waals surface area contributed by atoms with Crippen molar-refractivity contribution in [2.75, 3.05) is 13.1 Å². The van der Waals surface area contributed by atoms with Gasteiger partial charge in [-0.3, -0.25) is 14.4 Å². The number of thiophene rings is 1. The molecule has 3 heterocycles. The van der Waals surface area contributed by atoms with Crippen molar-refractivity contribution in [2.45, 2.75) is 52.6 Å². The molecule has 1 N–H and O–H groups in total. The second kappa shape index (κ2) is 9.39. The molecule has 0 bridgehead atoms. The highest BCUT2D eigenvalue weighted by Crippen LogP contribution is 2.19. The Bertz CT molecular complexity index is 912. The Labute approximate surface area is 175 Å². The number of carbonyl (C=O) groups is 2. The van der Waals surface area contributed by atoms with Crippen LogP contribution in [0.4, 0.5) is 0 Å². The molecule has 7 heteroatoms. The normalized spacial score (nSPS) is 15.4. The summed E-state index contributed by atoms with van der Waals surface area (Å²) in [5.41, 5.74) is -0.377. The van der Waals surface area contributed by atoms with Crippen LogP contribution in [0.1, 0.15) is 71.7 Å². The number of nitrogens with one attached hydrogen (secondary N) is 1. The van der Waals surface area contributed by atoms with Crippen molar-refractivity contribution >= 4 is 23.2 Å². The summed E-state index contributed by atoms with van der Waals surface area (Å²) < 4.78 is 1.80. The van der Waals surface area contributed by atoms with Gasteiger partial charge in [0.25, 0.3) is 11.8 Å². The Balaban J connectivity index is 1.93. The molecule has 2 aromatic rings. The monoisotopic (exact) mass is 415 g/mol. The molecule has 2 amide bonds. The first-order valence-electron chi connectivity index (χ1n) is 10.2. The van der Waals surface area contributed by atoms with E-state index in [1.54, 1.807) is 33.2 Å². The Morgan fingerprint density at radius 1 is 1.10 bits per heavy atom. The molecule has 1 atom stereocenters. The van der Waals surface area contributed by atoms with Crippen molar-refractivity contribution in [3.63, 3.8) is 0 Å². The lowest BCUT2D eigenvalue weighted by Crippen LogP contribution is -2.40. The smallest absolute Gasteiger partial charge is 0.259 e. The number of aromatic nitrogens is 1. The third kappa shape index (κ3) is 5.15. The van der Waals surface area contributed by atoms with E-state index >= 15 is 0 Å². The molecule has 0 aliphatic carbocycles. The number of nitrogens with zero attached hydrogens (tertiary/aromatic N) is 2. The lowest BCUT2D eigenvalue weighted by atomic mass is 10.1. The summed E-state index contributed by atoms with van der Waals surface area (Å²) in [4.78, 5) is 41.8. The van der Waals surface area contributed by atoms with Gasteiger partial charge in [0.05, 0.1) is 6.04 Å². The molecule has 0 spiro atoms. The number of likely N-dealkylation sites (tertiary alicyclic amines) is 1. The van der Waals surface area contributed by atoms with Gasteiger partial charge >= 0.3 is 0 Å². The fourth-order valence-electron chi connectivity index (χ4n) is 3.62. The predicted octanol–water partition coefficient (Wildman–Crippen LogP) is 3.68. The van der Waals surface area contributed by atoms with Gasteiger partial charge in [0.15, 0.2) is 0 Å². The van der Waals surface area contributed by atoms with E-state index in [0.29, 0.717) is 25.6 Å². The minimum Gasteiger partial charge on any atom is -0.352 e. The quantitative estimate of drug-likeness (QED) is 0.782. The number of hydrogen-bond acceptors (Lipinski definition) is 4. The van der Waals surface area contributed by atoms with Gasteiger partial charge in [-0.25, -0.2) is 0 Å². The zero-order valence-corrected chi connectivity index (χ0v) is 18.1. The average Bonchev–Trinajstić information content (AvgIpc) is 3.24. The number of amides is 2. The number of hydrogen-bond donors (Lipinski definition) is 1. The predicted molar refractivity (Wildman–Crippen MR) is 115 cm³/mol. The van der Waals surface area contributed by atoms with E-state index < -0.39 is 11.3 Å². The molecule has 29 heavy (non-hydrogen) atoms. The van der Waals surface area contributed by atoms with Crippen LogP contribution in [0, 0.1) is 5.92 Å². The van der Waals surface area contributed by atoms with Crippen LogP contribution >= 0.6 is 11.3 Å². The summed E-state index contributed by atoms with van der Waals surface area (Å²) in [7, 11) is 0. The summed E-state index contributed by atoms with van der Waals surface area (Å²) in [5.74, 6) is -0.397. The van der Waals surface area contributed by atoms with Gasteiger partial charge in [0.1, 0.15) is 11.1 Å². The van der Waals surface area contributed by atoms with Gasteiger partial charge < -0.3 is 14.8 Å². The minimum atomic E-state index is -0.489. The zero-order chi connectivity index (χ0) is 21.0. The lowest BCUT2D eigenvalue weighted by molar-refractivity contribution is 0.0722. The van der Waals surface area contributed by atoms with Crippen LogP contribution in [0.3, 0.4) is 0 Å². The molecule has 6 nitrogen and oxygen atoms in total. The summed E-state index contributed by atoms with van der Waals surface area (Å²) >= 11 is 1.55. The van der Waals surface area contributed by atoms with Crippen LogP contribution in [0.25, 0.3) is 0 Å². The van der Waals surface area contributed by atoms with Gasteiger partial charge in [-0.05, 0) is 43.6 Å². The van der Waals surface area contributed by atoms with Gasteiger partial charge in [0, 0.05) is 36.9 Å². The molecule has 0 unspecified atom stereocenters. The molecule has 0 saturated carbocycles. The summed E-state index contributed by atoms with van der Waals surface area (Å²) in [5, 5.41) is 4.85. The molecule has 2 aromatic heterocycles. The first kappa shape index (κ1) is 21.3. The first-order chi connectivity index (χ1) is 13.9. The first-order valence-corrected chi connectivity index (χ1v) is 11.1. The van der Waals surface area contributed by atoms with E-state index in [9.17, 15) is 14.4 Å². The van der Waals surface area contributed by atoms with E-state index in [-0.39, 0.29) is 23.1 Å². The van der Waals surface area contributed by atoms with E-state index in [1.165, 1.54) is 0 Å². The van der Waals surface area contributed by atoms with Crippen LogP contribution in [-0.2, 0) is 6.54 Å². The maximum absolute atomic E-state index is 13.1. The molecule has 0 aromatic carbocycles. The van der Waals surface area contributed by atoms with Crippen LogP contribution in [0.5, 0.6) is 0 Å². The van der Waals surface area contributed by atoms with Crippen molar-refractivity contribution in [1.29, 1.82) is 0 Å². The molecule has 1 aliphatic rings. The Morgan fingerprint density at radius 3 is 2.41 bits per heavy atom. The van der Waals surface area contributed by atoms with Gasteiger partial charge in [-0.15, -0.1) is 11.3 Å². The highest BCUT2D eigenvalue weighted by Gasteiger charge is 2.25. The zero-order valence-electron chi connectivity index (χ0n) is 17.3. The van der Waals surface area contributed by atoms with Crippen LogP contribution < -0.4 is 10.7 Å². The van der Waals surface area contributed by atoms with Crippen LogP contribution in [0.15, 0.2) is 34.7 Å². The van der Waals surface area contributed by atoms with Crippen molar-refractivity contribution in [1.82, 2.24) is 14.8 Å². The highest BCUT2D eigenvalue weighted by atomic mass is 32.1. The Morgan fingerprint density at radius 2 is 1.79 bits per heavy atom. The topological polar surface area (TPSA) is 71.4 Å². The summed E-state index contributed by atoms with van der Waals surface area (Å²) in [6, 6.07) is 3.67. The maximum Gasteiger partial charge on any atom is 0.259 e. The lowest BCUT2D eigenvalue weighted by Gasteiger charge is -2.27. The van der Waals surface area contributed by atoms with Crippen molar-refractivity contribution in [3.8, 4) is 0 Å². The minimum absolute atomic E-state index is 0.0249. The molecule has 1 aliphatic heterocycles.